The molecule has 2 aliphatic carbocycles. The fourth-order valence-electron chi connectivity index (χ4n) is 8.76. The molecular formula is C51H47N. The van der Waals surface area contributed by atoms with Gasteiger partial charge < -0.3 is 4.90 Å². The Labute approximate surface area is 310 Å². The highest BCUT2D eigenvalue weighted by atomic mass is 15.1. The van der Waals surface area contributed by atoms with E-state index in [2.05, 4.69) is 196 Å². The highest BCUT2D eigenvalue weighted by Crippen LogP contribution is 2.54. The van der Waals surface area contributed by atoms with Crippen molar-refractivity contribution in [1.29, 1.82) is 0 Å². The molecule has 6 aromatic rings. The molecule has 0 radical (unpaired) electrons. The predicted molar refractivity (Wildman–Crippen MR) is 224 cm³/mol. The monoisotopic (exact) mass is 673 g/mol. The summed E-state index contributed by atoms with van der Waals surface area (Å²) in [5, 5.41) is 0. The van der Waals surface area contributed by atoms with Gasteiger partial charge in [0.15, 0.2) is 0 Å². The summed E-state index contributed by atoms with van der Waals surface area (Å²) in [4.78, 5) is 2.46. The largest absolute Gasteiger partial charge is 0.314 e. The maximum absolute atomic E-state index is 2.49. The average molecular weight is 674 g/mol. The van der Waals surface area contributed by atoms with Crippen LogP contribution in [0.4, 0.5) is 11.4 Å². The first-order valence-corrected chi connectivity index (χ1v) is 18.9. The van der Waals surface area contributed by atoms with Crippen molar-refractivity contribution in [3.8, 4) is 33.4 Å². The normalized spacial score (nSPS) is 14.3. The molecule has 1 heteroatoms. The highest BCUT2D eigenvalue weighted by molar-refractivity contribution is 5.86. The van der Waals surface area contributed by atoms with Crippen LogP contribution < -0.4 is 4.90 Å². The van der Waals surface area contributed by atoms with Gasteiger partial charge in [-0.2, -0.15) is 0 Å². The maximum atomic E-state index is 2.49. The van der Waals surface area contributed by atoms with Gasteiger partial charge in [0.1, 0.15) is 0 Å². The van der Waals surface area contributed by atoms with E-state index in [1.165, 1.54) is 83.8 Å². The molecule has 0 fully saturated rings. The third kappa shape index (κ3) is 5.95. The summed E-state index contributed by atoms with van der Waals surface area (Å²) in [6.45, 7) is 9.20. The number of para-hydroxylation sites is 1. The van der Waals surface area contributed by atoms with E-state index < -0.39 is 0 Å². The van der Waals surface area contributed by atoms with Gasteiger partial charge in [0, 0.05) is 22.5 Å². The molecule has 8 rings (SSSR count). The molecule has 0 aromatic heterocycles. The number of aryl methyl sites for hydroxylation is 1. The van der Waals surface area contributed by atoms with Gasteiger partial charge >= 0.3 is 0 Å². The first-order valence-electron chi connectivity index (χ1n) is 18.9. The van der Waals surface area contributed by atoms with Gasteiger partial charge in [0.2, 0.25) is 0 Å². The zero-order chi connectivity index (χ0) is 35.7. The van der Waals surface area contributed by atoms with E-state index >= 15 is 0 Å². The molecule has 0 amide bonds. The van der Waals surface area contributed by atoms with E-state index in [9.17, 15) is 0 Å². The second kappa shape index (κ2) is 14.2. The Morgan fingerprint density at radius 2 is 1.23 bits per heavy atom. The highest BCUT2D eigenvalue weighted by Gasteiger charge is 2.41. The van der Waals surface area contributed by atoms with Gasteiger partial charge in [0.05, 0.1) is 0 Å². The molecule has 52 heavy (non-hydrogen) atoms. The summed E-state index contributed by atoms with van der Waals surface area (Å²) < 4.78 is 0. The molecule has 0 spiro atoms. The second-order valence-corrected chi connectivity index (χ2v) is 14.4. The molecule has 0 heterocycles. The maximum Gasteiger partial charge on any atom is 0.0461 e. The van der Waals surface area contributed by atoms with Gasteiger partial charge in [-0.3, -0.25) is 0 Å². The summed E-state index contributed by atoms with van der Waals surface area (Å²) in [7, 11) is 0. The van der Waals surface area contributed by atoms with Crippen LogP contribution in [0.2, 0.25) is 0 Å². The quantitative estimate of drug-likeness (QED) is 0.138. The van der Waals surface area contributed by atoms with Gasteiger partial charge in [-0.15, -0.1) is 0 Å². The van der Waals surface area contributed by atoms with Crippen LogP contribution in [0, 0.1) is 13.8 Å². The molecule has 0 unspecified atom stereocenters. The molecule has 0 saturated heterocycles. The molecule has 0 aliphatic heterocycles. The topological polar surface area (TPSA) is 3.24 Å². The van der Waals surface area contributed by atoms with Crippen molar-refractivity contribution in [2.24, 2.45) is 0 Å². The van der Waals surface area contributed by atoms with Crippen molar-refractivity contribution in [2.75, 3.05) is 4.90 Å². The van der Waals surface area contributed by atoms with E-state index in [-0.39, 0.29) is 5.41 Å². The van der Waals surface area contributed by atoms with E-state index in [0.717, 1.165) is 25.7 Å². The van der Waals surface area contributed by atoms with Crippen LogP contribution in [0.15, 0.2) is 157 Å². The summed E-state index contributed by atoms with van der Waals surface area (Å²) in [6.07, 6.45) is 15.5. The summed E-state index contributed by atoms with van der Waals surface area (Å²) >= 11 is 0. The number of allylic oxidation sites excluding steroid dienone is 4. The molecule has 0 atom stereocenters. The van der Waals surface area contributed by atoms with Crippen molar-refractivity contribution in [2.45, 2.75) is 58.8 Å². The molecular weight excluding hydrogens is 627 g/mol. The Kier molecular flexibility index (Phi) is 9.12. The van der Waals surface area contributed by atoms with Crippen molar-refractivity contribution in [1.82, 2.24) is 0 Å². The van der Waals surface area contributed by atoms with Crippen LogP contribution in [0.3, 0.4) is 0 Å². The number of hydrogen-bond donors (Lipinski definition) is 0. The number of rotatable bonds is 9. The van der Waals surface area contributed by atoms with E-state index in [4.69, 9.17) is 0 Å². The van der Waals surface area contributed by atoms with Gasteiger partial charge in [-0.05, 0) is 137 Å². The molecule has 0 N–H and O–H groups in total. The third-order valence-corrected chi connectivity index (χ3v) is 11.6. The first-order chi connectivity index (χ1) is 25.5. The van der Waals surface area contributed by atoms with Crippen LogP contribution in [-0.4, -0.2) is 0 Å². The van der Waals surface area contributed by atoms with E-state index in [1.54, 1.807) is 0 Å². The Bertz CT molecular complexity index is 2320. The lowest BCUT2D eigenvalue weighted by Gasteiger charge is -2.33. The minimum atomic E-state index is -0.0284. The number of fused-ring (bicyclic) bond motifs is 3. The molecule has 2 aliphatic rings. The lowest BCUT2D eigenvalue weighted by molar-refractivity contribution is 0.490. The summed E-state index contributed by atoms with van der Waals surface area (Å²) in [5.74, 6) is 0. The van der Waals surface area contributed by atoms with Crippen LogP contribution in [-0.2, 0) is 5.41 Å². The SMILES string of the molecule is CCC1(CC)c2cc(/C=C/c3ccc(-c4c(C)ccc(-c5ccccc5)c4C)cc3)ccc2-c2ccc(N(C3=CC=CCC3)c3ccccc3)cc21. The lowest BCUT2D eigenvalue weighted by Crippen LogP contribution is -2.24. The zero-order valence-corrected chi connectivity index (χ0v) is 30.9. The fraction of sp³-hybridized carbons (Fsp3) is 0.176. The second-order valence-electron chi connectivity index (χ2n) is 14.4. The van der Waals surface area contributed by atoms with Crippen molar-refractivity contribution in [3.63, 3.8) is 0 Å². The molecule has 6 aromatic carbocycles. The Morgan fingerprint density at radius 3 is 1.92 bits per heavy atom. The number of hydrogen-bond acceptors (Lipinski definition) is 1. The summed E-state index contributed by atoms with van der Waals surface area (Å²) in [5.41, 5.74) is 19.7. The van der Waals surface area contributed by atoms with Crippen molar-refractivity contribution in [3.05, 3.63) is 191 Å². The van der Waals surface area contributed by atoms with Crippen LogP contribution in [0.1, 0.15) is 72.9 Å². The minimum absolute atomic E-state index is 0.0284. The van der Waals surface area contributed by atoms with Gasteiger partial charge in [0.25, 0.3) is 0 Å². The van der Waals surface area contributed by atoms with Crippen LogP contribution >= 0.6 is 0 Å². The Hall–Kier alpha value is -5.66. The number of nitrogens with zero attached hydrogens (tertiary/aromatic N) is 1. The third-order valence-electron chi connectivity index (χ3n) is 11.6. The van der Waals surface area contributed by atoms with Crippen molar-refractivity contribution < 1.29 is 0 Å². The van der Waals surface area contributed by atoms with Gasteiger partial charge in [-0.25, -0.2) is 0 Å². The minimum Gasteiger partial charge on any atom is -0.314 e. The standard InChI is InChI=1S/C51H47N/c1-5-51(6-2)48-34-39(24-23-38-25-28-41(29-26-38)50-36(3)22-31-45(37(50)4)40-16-10-7-11-17-40)27-32-46(48)47-33-30-44(35-49(47)51)52(42-18-12-8-13-19-42)43-20-14-9-15-21-43/h7-14,16-20,22-35H,5-6,15,21H2,1-4H3/b24-23+. The summed E-state index contributed by atoms with van der Waals surface area (Å²) in [6, 6.07) is 49.4. The average Bonchev–Trinajstić information content (AvgIpc) is 3.47. The molecule has 256 valence electrons. The van der Waals surface area contributed by atoms with Crippen LogP contribution in [0.5, 0.6) is 0 Å². The smallest absolute Gasteiger partial charge is 0.0461 e. The van der Waals surface area contributed by atoms with Gasteiger partial charge in [-0.1, -0.05) is 147 Å². The van der Waals surface area contributed by atoms with Crippen molar-refractivity contribution >= 4 is 23.5 Å². The fourth-order valence-corrected chi connectivity index (χ4v) is 8.76. The lowest BCUT2D eigenvalue weighted by atomic mass is 9.73. The Morgan fingerprint density at radius 1 is 0.596 bits per heavy atom. The molecule has 0 bridgehead atoms. The van der Waals surface area contributed by atoms with E-state index in [1.807, 2.05) is 0 Å². The number of benzene rings is 6. The zero-order valence-electron chi connectivity index (χ0n) is 30.9. The predicted octanol–water partition coefficient (Wildman–Crippen LogP) is 14.3. The van der Waals surface area contributed by atoms with Crippen LogP contribution in [0.25, 0.3) is 45.5 Å². The van der Waals surface area contributed by atoms with E-state index in [0.29, 0.717) is 0 Å². The number of anilines is 2. The Balaban J connectivity index is 1.10. The first kappa shape index (κ1) is 33.5. The molecule has 0 saturated carbocycles. The molecule has 1 nitrogen and oxygen atoms in total.